The van der Waals surface area contributed by atoms with Gasteiger partial charge in [-0.3, -0.25) is 4.79 Å². The van der Waals surface area contributed by atoms with E-state index in [1.807, 2.05) is 36.1 Å². The van der Waals surface area contributed by atoms with E-state index < -0.39 is 0 Å². The summed E-state index contributed by atoms with van der Waals surface area (Å²) in [4.78, 5) is 14.8. The molecule has 1 amide bonds. The number of piperidine rings is 1. The molecule has 2 unspecified atom stereocenters. The number of amides is 1. The molecular formula is C19H29NO3. The highest BCUT2D eigenvalue weighted by Crippen LogP contribution is 2.30. The van der Waals surface area contributed by atoms with Crippen molar-refractivity contribution in [3.63, 3.8) is 0 Å². The van der Waals surface area contributed by atoms with E-state index in [9.17, 15) is 4.79 Å². The van der Waals surface area contributed by atoms with Gasteiger partial charge in [-0.25, -0.2) is 0 Å². The molecule has 4 nitrogen and oxygen atoms in total. The monoisotopic (exact) mass is 319 g/mol. The summed E-state index contributed by atoms with van der Waals surface area (Å²) < 4.78 is 11.0. The van der Waals surface area contributed by atoms with Gasteiger partial charge in [-0.15, -0.1) is 0 Å². The first-order chi connectivity index (χ1) is 11.2. The maximum Gasteiger partial charge on any atom is 0.223 e. The summed E-state index contributed by atoms with van der Waals surface area (Å²) in [6.07, 6.45) is 3.85. The fourth-order valence-corrected chi connectivity index (χ4v) is 3.32. The van der Waals surface area contributed by atoms with Crippen molar-refractivity contribution in [3.8, 4) is 5.75 Å². The minimum atomic E-state index is 0.147. The second-order valence-electron chi connectivity index (χ2n) is 6.24. The van der Waals surface area contributed by atoms with Gasteiger partial charge >= 0.3 is 0 Å². The zero-order valence-corrected chi connectivity index (χ0v) is 14.6. The summed E-state index contributed by atoms with van der Waals surface area (Å²) in [6, 6.07) is 8.19. The number of para-hydroxylation sites is 1. The number of carbonyl (C=O) groups excluding carboxylic acids is 1. The lowest BCUT2D eigenvalue weighted by molar-refractivity contribution is -0.136. The van der Waals surface area contributed by atoms with Gasteiger partial charge in [-0.05, 0) is 43.7 Å². The Kier molecular flexibility index (Phi) is 6.90. The van der Waals surface area contributed by atoms with Gasteiger partial charge in [0.25, 0.3) is 0 Å². The van der Waals surface area contributed by atoms with Crippen molar-refractivity contribution in [1.29, 1.82) is 0 Å². The molecule has 0 aliphatic carbocycles. The standard InChI is InChI=1S/C19H29NO3/c1-4-23-14-16-9-7-8-12-20(16)19(21)13-15(2)17-10-5-6-11-18(17)22-3/h5-6,10-11,15-16H,4,7-9,12-14H2,1-3H3. The maximum absolute atomic E-state index is 12.8. The third-order valence-electron chi connectivity index (χ3n) is 4.61. The van der Waals surface area contributed by atoms with Crippen molar-refractivity contribution in [1.82, 2.24) is 4.90 Å². The van der Waals surface area contributed by atoms with Gasteiger partial charge in [-0.1, -0.05) is 25.1 Å². The van der Waals surface area contributed by atoms with Gasteiger partial charge in [0.15, 0.2) is 0 Å². The summed E-state index contributed by atoms with van der Waals surface area (Å²) in [5.74, 6) is 1.23. The molecule has 0 N–H and O–H groups in total. The number of likely N-dealkylation sites (tertiary alicyclic amines) is 1. The molecule has 1 aromatic carbocycles. The Morgan fingerprint density at radius 1 is 1.35 bits per heavy atom. The lowest BCUT2D eigenvalue weighted by Crippen LogP contribution is -2.46. The molecule has 0 aromatic heterocycles. The molecule has 0 saturated carbocycles. The summed E-state index contributed by atoms with van der Waals surface area (Å²) in [6.45, 7) is 6.31. The molecule has 1 aliphatic rings. The van der Waals surface area contributed by atoms with E-state index in [1.165, 1.54) is 6.42 Å². The van der Waals surface area contributed by atoms with E-state index in [1.54, 1.807) is 7.11 Å². The minimum absolute atomic E-state index is 0.147. The molecular weight excluding hydrogens is 290 g/mol. The van der Waals surface area contributed by atoms with Crippen LogP contribution in [0.3, 0.4) is 0 Å². The first-order valence-corrected chi connectivity index (χ1v) is 8.67. The number of hydrogen-bond donors (Lipinski definition) is 0. The summed E-state index contributed by atoms with van der Waals surface area (Å²) >= 11 is 0. The van der Waals surface area contributed by atoms with Gasteiger partial charge in [0.1, 0.15) is 5.75 Å². The highest BCUT2D eigenvalue weighted by atomic mass is 16.5. The second kappa shape index (κ2) is 8.92. The Morgan fingerprint density at radius 2 is 2.13 bits per heavy atom. The fraction of sp³-hybridized carbons (Fsp3) is 0.632. The van der Waals surface area contributed by atoms with E-state index in [0.29, 0.717) is 19.6 Å². The third-order valence-corrected chi connectivity index (χ3v) is 4.61. The van der Waals surface area contributed by atoms with Crippen LogP contribution in [0, 0.1) is 0 Å². The molecule has 128 valence electrons. The van der Waals surface area contributed by atoms with Crippen LogP contribution in [0.2, 0.25) is 0 Å². The van der Waals surface area contributed by atoms with Crippen LogP contribution >= 0.6 is 0 Å². The van der Waals surface area contributed by atoms with Crippen LogP contribution in [0.5, 0.6) is 5.75 Å². The predicted octanol–water partition coefficient (Wildman–Crippen LogP) is 3.61. The molecule has 2 atom stereocenters. The molecule has 1 heterocycles. The topological polar surface area (TPSA) is 38.8 Å². The minimum Gasteiger partial charge on any atom is -0.496 e. The Labute approximate surface area is 139 Å². The number of hydrogen-bond acceptors (Lipinski definition) is 3. The van der Waals surface area contributed by atoms with Crippen LogP contribution in [0.4, 0.5) is 0 Å². The van der Waals surface area contributed by atoms with E-state index in [0.717, 1.165) is 30.7 Å². The number of methoxy groups -OCH3 is 1. The SMILES string of the molecule is CCOCC1CCCCN1C(=O)CC(C)c1ccccc1OC. The molecule has 0 spiro atoms. The smallest absolute Gasteiger partial charge is 0.223 e. The highest BCUT2D eigenvalue weighted by molar-refractivity contribution is 5.77. The first kappa shape index (κ1) is 17.8. The lowest BCUT2D eigenvalue weighted by atomic mass is 9.94. The summed E-state index contributed by atoms with van der Waals surface area (Å²) in [5.41, 5.74) is 1.10. The Balaban J connectivity index is 2.01. The number of ether oxygens (including phenoxy) is 2. The predicted molar refractivity (Wildman–Crippen MR) is 91.9 cm³/mol. The van der Waals surface area contributed by atoms with E-state index in [-0.39, 0.29) is 17.9 Å². The van der Waals surface area contributed by atoms with Crippen LogP contribution in [0.25, 0.3) is 0 Å². The molecule has 0 bridgehead atoms. The van der Waals surface area contributed by atoms with Gasteiger partial charge in [0.05, 0.1) is 19.8 Å². The highest BCUT2D eigenvalue weighted by Gasteiger charge is 2.28. The Hall–Kier alpha value is -1.55. The van der Waals surface area contributed by atoms with Crippen LogP contribution in [-0.4, -0.2) is 43.7 Å². The van der Waals surface area contributed by atoms with Crippen LogP contribution < -0.4 is 4.74 Å². The molecule has 23 heavy (non-hydrogen) atoms. The van der Waals surface area contributed by atoms with Gasteiger partial charge < -0.3 is 14.4 Å². The first-order valence-electron chi connectivity index (χ1n) is 8.67. The van der Waals surface area contributed by atoms with Gasteiger partial charge in [-0.2, -0.15) is 0 Å². The van der Waals surface area contributed by atoms with Crippen molar-refractivity contribution in [3.05, 3.63) is 29.8 Å². The maximum atomic E-state index is 12.8. The zero-order valence-electron chi connectivity index (χ0n) is 14.6. The number of rotatable bonds is 7. The molecule has 4 heteroatoms. The summed E-state index contributed by atoms with van der Waals surface area (Å²) in [7, 11) is 1.68. The quantitative estimate of drug-likeness (QED) is 0.770. The molecule has 1 saturated heterocycles. The van der Waals surface area contributed by atoms with Crippen LogP contribution in [0.1, 0.15) is 51.0 Å². The molecule has 1 fully saturated rings. The fourth-order valence-electron chi connectivity index (χ4n) is 3.32. The van der Waals surface area contributed by atoms with Crippen molar-refractivity contribution < 1.29 is 14.3 Å². The van der Waals surface area contributed by atoms with Gasteiger partial charge in [0, 0.05) is 19.6 Å². The summed E-state index contributed by atoms with van der Waals surface area (Å²) in [5, 5.41) is 0. The average molecular weight is 319 g/mol. The van der Waals surface area contributed by atoms with E-state index in [2.05, 4.69) is 6.92 Å². The van der Waals surface area contributed by atoms with Crippen LogP contribution in [-0.2, 0) is 9.53 Å². The number of carbonyl (C=O) groups is 1. The van der Waals surface area contributed by atoms with Crippen LogP contribution in [0.15, 0.2) is 24.3 Å². The molecule has 0 radical (unpaired) electrons. The van der Waals surface area contributed by atoms with Gasteiger partial charge in [0.2, 0.25) is 5.91 Å². The molecule has 1 aromatic rings. The normalized spacial score (nSPS) is 19.4. The van der Waals surface area contributed by atoms with Crippen molar-refractivity contribution in [2.24, 2.45) is 0 Å². The number of nitrogens with zero attached hydrogens (tertiary/aromatic N) is 1. The third kappa shape index (κ3) is 4.71. The largest absolute Gasteiger partial charge is 0.496 e. The molecule has 2 rings (SSSR count). The second-order valence-corrected chi connectivity index (χ2v) is 6.24. The Morgan fingerprint density at radius 3 is 2.87 bits per heavy atom. The Bertz CT molecular complexity index is 503. The van der Waals surface area contributed by atoms with E-state index >= 15 is 0 Å². The van der Waals surface area contributed by atoms with Crippen molar-refractivity contribution in [2.75, 3.05) is 26.9 Å². The average Bonchev–Trinajstić information content (AvgIpc) is 2.60. The van der Waals surface area contributed by atoms with Crippen molar-refractivity contribution in [2.45, 2.75) is 51.5 Å². The van der Waals surface area contributed by atoms with Crippen molar-refractivity contribution >= 4 is 5.91 Å². The number of benzene rings is 1. The zero-order chi connectivity index (χ0) is 16.7. The molecule has 1 aliphatic heterocycles. The van der Waals surface area contributed by atoms with E-state index in [4.69, 9.17) is 9.47 Å². The lowest BCUT2D eigenvalue weighted by Gasteiger charge is -2.36.